The monoisotopic (exact) mass is 222 g/mol. The molecule has 82 valence electrons. The van der Waals surface area contributed by atoms with Gasteiger partial charge in [-0.05, 0) is 31.5 Å². The molecule has 1 aromatic rings. The minimum absolute atomic E-state index is 0.591. The van der Waals surface area contributed by atoms with E-state index in [1.54, 1.807) is 0 Å². The molecule has 2 rings (SSSR count). The lowest BCUT2D eigenvalue weighted by atomic mass is 10.2. The highest BCUT2D eigenvalue weighted by molar-refractivity contribution is 7.99. The van der Waals surface area contributed by atoms with Gasteiger partial charge >= 0.3 is 0 Å². The zero-order valence-electron chi connectivity index (χ0n) is 9.36. The van der Waals surface area contributed by atoms with Crippen LogP contribution in [0, 0.1) is 6.92 Å². The summed E-state index contributed by atoms with van der Waals surface area (Å²) in [5.74, 6) is 1.16. The van der Waals surface area contributed by atoms with Gasteiger partial charge in [-0.2, -0.15) is 0 Å². The highest BCUT2D eigenvalue weighted by Gasteiger charge is 2.22. The number of nitrogens with zero attached hydrogens (tertiary/aromatic N) is 1. The van der Waals surface area contributed by atoms with Crippen LogP contribution < -0.4 is 10.6 Å². The Bertz CT molecular complexity index is 351. The van der Waals surface area contributed by atoms with Crippen molar-refractivity contribution in [1.82, 2.24) is 0 Å². The summed E-state index contributed by atoms with van der Waals surface area (Å²) in [5.41, 5.74) is 8.35. The van der Waals surface area contributed by atoms with E-state index in [4.69, 9.17) is 5.73 Å². The molecule has 0 spiro atoms. The zero-order valence-corrected chi connectivity index (χ0v) is 10.2. The summed E-state index contributed by atoms with van der Waals surface area (Å²) in [6, 6.07) is 7.27. The molecule has 1 aliphatic heterocycles. The fraction of sp³-hybridized carbons (Fsp3) is 0.500. The Morgan fingerprint density at radius 3 is 3.07 bits per heavy atom. The average molecular weight is 222 g/mol. The lowest BCUT2D eigenvalue weighted by Crippen LogP contribution is -2.40. The van der Waals surface area contributed by atoms with Crippen molar-refractivity contribution in [1.29, 1.82) is 0 Å². The minimum Gasteiger partial charge on any atom is -0.366 e. The second-order valence-corrected chi connectivity index (χ2v) is 5.18. The number of rotatable bonds is 2. The molecule has 0 amide bonds. The molecular weight excluding hydrogens is 204 g/mol. The van der Waals surface area contributed by atoms with Crippen LogP contribution in [0.25, 0.3) is 0 Å². The molecule has 0 fully saturated rings. The predicted octanol–water partition coefficient (Wildman–Crippen LogP) is 2.25. The van der Waals surface area contributed by atoms with Gasteiger partial charge in [0.25, 0.3) is 0 Å². The van der Waals surface area contributed by atoms with Crippen molar-refractivity contribution in [2.24, 2.45) is 5.73 Å². The van der Waals surface area contributed by atoms with Gasteiger partial charge in [-0.3, -0.25) is 0 Å². The summed E-state index contributed by atoms with van der Waals surface area (Å²) in [6.45, 7) is 6.09. The molecule has 2 nitrogen and oxygen atoms in total. The molecule has 0 aliphatic carbocycles. The fourth-order valence-electron chi connectivity index (χ4n) is 1.99. The van der Waals surface area contributed by atoms with E-state index in [-0.39, 0.29) is 0 Å². The maximum atomic E-state index is 5.66. The van der Waals surface area contributed by atoms with Gasteiger partial charge in [0, 0.05) is 29.8 Å². The van der Waals surface area contributed by atoms with E-state index >= 15 is 0 Å². The van der Waals surface area contributed by atoms with Gasteiger partial charge < -0.3 is 10.6 Å². The number of anilines is 1. The van der Waals surface area contributed by atoms with E-state index in [1.165, 1.54) is 16.1 Å². The molecule has 2 N–H and O–H groups in total. The highest BCUT2D eigenvalue weighted by atomic mass is 32.2. The summed E-state index contributed by atoms with van der Waals surface area (Å²) in [5, 5.41) is 0. The smallest absolute Gasteiger partial charge is 0.0507 e. The van der Waals surface area contributed by atoms with Gasteiger partial charge in [0.15, 0.2) is 0 Å². The first-order chi connectivity index (χ1) is 7.22. The topological polar surface area (TPSA) is 29.3 Å². The molecule has 0 saturated carbocycles. The molecule has 1 heterocycles. The number of hydrogen-bond acceptors (Lipinski definition) is 3. The van der Waals surface area contributed by atoms with Crippen molar-refractivity contribution < 1.29 is 0 Å². The maximum Gasteiger partial charge on any atom is 0.0507 e. The van der Waals surface area contributed by atoms with Crippen LogP contribution in [0.2, 0.25) is 0 Å². The van der Waals surface area contributed by atoms with Crippen LogP contribution in [0.3, 0.4) is 0 Å². The normalized spacial score (nSPS) is 20.2. The number of benzene rings is 1. The van der Waals surface area contributed by atoms with Crippen LogP contribution in [0.4, 0.5) is 5.69 Å². The first-order valence-electron chi connectivity index (χ1n) is 5.42. The summed E-state index contributed by atoms with van der Waals surface area (Å²) >= 11 is 1.96. The third-order valence-corrected chi connectivity index (χ3v) is 4.09. The molecule has 3 heteroatoms. The Kier molecular flexibility index (Phi) is 3.22. The van der Waals surface area contributed by atoms with Gasteiger partial charge in [-0.15, -0.1) is 11.8 Å². The molecule has 0 radical (unpaired) electrons. The van der Waals surface area contributed by atoms with Crippen molar-refractivity contribution in [3.63, 3.8) is 0 Å². The molecule has 0 saturated heterocycles. The van der Waals surface area contributed by atoms with Crippen molar-refractivity contribution in [2.45, 2.75) is 24.8 Å². The second-order valence-electron chi connectivity index (χ2n) is 4.11. The first-order valence-corrected chi connectivity index (χ1v) is 6.41. The van der Waals surface area contributed by atoms with Crippen molar-refractivity contribution in [2.75, 3.05) is 23.7 Å². The molecule has 15 heavy (non-hydrogen) atoms. The molecule has 1 aliphatic rings. The van der Waals surface area contributed by atoms with Crippen molar-refractivity contribution >= 4 is 17.4 Å². The van der Waals surface area contributed by atoms with Crippen LogP contribution in [0.1, 0.15) is 12.5 Å². The van der Waals surface area contributed by atoms with Crippen molar-refractivity contribution in [3.05, 3.63) is 23.8 Å². The Morgan fingerprint density at radius 1 is 1.53 bits per heavy atom. The standard InChI is InChI=1S/C12H18N2S/c1-9-3-4-11-12(7-9)15-8-10(2)14(11)6-5-13/h3-4,7,10H,5-6,8,13H2,1-2H3. The summed E-state index contributed by atoms with van der Waals surface area (Å²) in [7, 11) is 0. The van der Waals surface area contributed by atoms with Crippen LogP contribution in [0.15, 0.2) is 23.1 Å². The van der Waals surface area contributed by atoms with Gasteiger partial charge in [0.1, 0.15) is 0 Å². The van der Waals surface area contributed by atoms with Crippen LogP contribution in [-0.4, -0.2) is 24.9 Å². The predicted molar refractivity (Wildman–Crippen MR) is 67.8 cm³/mol. The molecule has 1 unspecified atom stereocenters. The van der Waals surface area contributed by atoms with E-state index < -0.39 is 0 Å². The third kappa shape index (κ3) is 2.13. The Hall–Kier alpha value is -0.670. The molecular formula is C12H18N2S. The number of nitrogens with two attached hydrogens (primary N) is 1. The molecule has 1 atom stereocenters. The van der Waals surface area contributed by atoms with E-state index in [1.807, 2.05) is 11.8 Å². The maximum absolute atomic E-state index is 5.66. The lowest BCUT2D eigenvalue weighted by Gasteiger charge is -2.36. The Labute approximate surface area is 95.8 Å². The number of aryl methyl sites for hydroxylation is 1. The average Bonchev–Trinajstić information content (AvgIpc) is 2.22. The SMILES string of the molecule is Cc1ccc2c(c1)SCC(C)N2CCN. The van der Waals surface area contributed by atoms with Crippen LogP contribution in [0.5, 0.6) is 0 Å². The number of hydrogen-bond donors (Lipinski definition) is 1. The van der Waals surface area contributed by atoms with E-state index in [0.29, 0.717) is 6.04 Å². The summed E-state index contributed by atoms with van der Waals surface area (Å²) in [4.78, 5) is 3.83. The Morgan fingerprint density at radius 2 is 2.33 bits per heavy atom. The van der Waals surface area contributed by atoms with Crippen molar-refractivity contribution in [3.8, 4) is 0 Å². The molecule has 1 aromatic carbocycles. The first kappa shape index (κ1) is 10.8. The molecule has 0 aromatic heterocycles. The highest BCUT2D eigenvalue weighted by Crippen LogP contribution is 2.37. The third-order valence-electron chi connectivity index (χ3n) is 2.81. The number of fused-ring (bicyclic) bond motifs is 1. The van der Waals surface area contributed by atoms with Crippen LogP contribution in [-0.2, 0) is 0 Å². The summed E-state index contributed by atoms with van der Waals surface area (Å²) in [6.07, 6.45) is 0. The number of thioether (sulfide) groups is 1. The van der Waals surface area contributed by atoms with E-state index in [9.17, 15) is 0 Å². The van der Waals surface area contributed by atoms with Gasteiger partial charge in [0.2, 0.25) is 0 Å². The minimum atomic E-state index is 0.591. The van der Waals surface area contributed by atoms with E-state index in [2.05, 4.69) is 36.9 Å². The quantitative estimate of drug-likeness (QED) is 0.832. The van der Waals surface area contributed by atoms with Gasteiger partial charge in [0.05, 0.1) is 5.69 Å². The second kappa shape index (κ2) is 4.45. The largest absolute Gasteiger partial charge is 0.366 e. The summed E-state index contributed by atoms with van der Waals surface area (Å²) < 4.78 is 0. The van der Waals surface area contributed by atoms with Crippen LogP contribution >= 0.6 is 11.8 Å². The Balaban J connectivity index is 2.34. The van der Waals surface area contributed by atoms with Gasteiger partial charge in [-0.1, -0.05) is 6.07 Å². The van der Waals surface area contributed by atoms with E-state index in [0.717, 1.165) is 18.8 Å². The molecule has 0 bridgehead atoms. The zero-order chi connectivity index (χ0) is 10.8. The lowest BCUT2D eigenvalue weighted by molar-refractivity contribution is 0.678. The fourth-order valence-corrected chi connectivity index (χ4v) is 3.20. The van der Waals surface area contributed by atoms with Gasteiger partial charge in [-0.25, -0.2) is 0 Å².